The Morgan fingerprint density at radius 3 is 2.33 bits per heavy atom. The van der Waals surface area contributed by atoms with Crippen molar-refractivity contribution in [2.75, 3.05) is 0 Å². The van der Waals surface area contributed by atoms with Crippen molar-refractivity contribution >= 4 is 17.5 Å². The van der Waals surface area contributed by atoms with Crippen LogP contribution in [-0.2, 0) is 20.9 Å². The molecule has 0 fully saturated rings. The first-order chi connectivity index (χ1) is 14.4. The zero-order chi connectivity index (χ0) is 21.3. The Morgan fingerprint density at radius 2 is 1.67 bits per heavy atom. The van der Waals surface area contributed by atoms with Crippen LogP contribution in [0.25, 0.3) is 0 Å². The van der Waals surface area contributed by atoms with Gasteiger partial charge in [-0.05, 0) is 29.9 Å². The molecule has 2 aromatic rings. The fourth-order valence-electron chi connectivity index (χ4n) is 4.59. The molecule has 4 rings (SSSR count). The summed E-state index contributed by atoms with van der Waals surface area (Å²) in [6.07, 6.45) is 1.20. The lowest BCUT2D eigenvalue weighted by Gasteiger charge is -2.39. The first-order valence-corrected chi connectivity index (χ1v) is 10.4. The number of ether oxygens (including phenoxy) is 1. The zero-order valence-electron chi connectivity index (χ0n) is 17.7. The summed E-state index contributed by atoms with van der Waals surface area (Å²) in [4.78, 5) is 31.2. The van der Waals surface area contributed by atoms with Gasteiger partial charge in [-0.25, -0.2) is 0 Å². The number of ketones is 1. The van der Waals surface area contributed by atoms with Gasteiger partial charge in [0.1, 0.15) is 12.5 Å². The summed E-state index contributed by atoms with van der Waals surface area (Å²) < 4.78 is 5.69. The third-order valence-corrected chi connectivity index (χ3v) is 5.94. The predicted octanol–water partition coefficient (Wildman–Crippen LogP) is 5.25. The first kappa shape index (κ1) is 20.3. The van der Waals surface area contributed by atoms with E-state index in [1.54, 1.807) is 0 Å². The van der Waals surface area contributed by atoms with Gasteiger partial charge >= 0.3 is 5.97 Å². The van der Waals surface area contributed by atoms with Crippen molar-refractivity contribution in [3.05, 3.63) is 83.1 Å². The molecule has 2 atom stereocenters. The number of allylic oxidation sites excluding steroid dienone is 2. The maximum Gasteiger partial charge on any atom is 0.315 e. The number of aliphatic imine (C=N–C) groups is 1. The minimum Gasteiger partial charge on any atom is -0.460 e. The fourth-order valence-corrected chi connectivity index (χ4v) is 4.59. The molecule has 4 nitrogen and oxygen atoms in total. The number of carbonyl (C=O) groups is 2. The molecule has 1 unspecified atom stereocenters. The van der Waals surface area contributed by atoms with Crippen LogP contribution in [0.5, 0.6) is 0 Å². The highest BCUT2D eigenvalue weighted by atomic mass is 16.5. The third-order valence-electron chi connectivity index (χ3n) is 5.94. The standard InChI is InChI=1S/C26H27NO3/c1-17-22(25(29)30-16-18-10-6-4-7-11-18)23(19-12-8-5-9-13-19)24-20(27-17)14-26(2,3)15-21(24)28/h4-13,22-23H,14-16H2,1-3H3/t22?,23-/m0/s1. The monoisotopic (exact) mass is 401 g/mol. The van der Waals surface area contributed by atoms with E-state index in [0.29, 0.717) is 17.7 Å². The number of rotatable bonds is 4. The summed E-state index contributed by atoms with van der Waals surface area (Å²) in [5.74, 6) is -1.20. The lowest BCUT2D eigenvalue weighted by molar-refractivity contribution is -0.148. The Morgan fingerprint density at radius 1 is 1.03 bits per heavy atom. The van der Waals surface area contributed by atoms with Crippen molar-refractivity contribution in [1.29, 1.82) is 0 Å². The van der Waals surface area contributed by atoms with Gasteiger partial charge in [-0.3, -0.25) is 14.6 Å². The van der Waals surface area contributed by atoms with E-state index < -0.39 is 5.92 Å². The third kappa shape index (κ3) is 4.00. The largest absolute Gasteiger partial charge is 0.460 e. The van der Waals surface area contributed by atoms with Gasteiger partial charge in [0, 0.05) is 29.3 Å². The Kier molecular flexibility index (Phi) is 5.42. The molecule has 0 aromatic heterocycles. The van der Waals surface area contributed by atoms with Crippen LogP contribution in [0.2, 0.25) is 0 Å². The Hall–Kier alpha value is -3.01. The normalized spacial score (nSPS) is 22.9. The number of hydrogen-bond donors (Lipinski definition) is 0. The highest BCUT2D eigenvalue weighted by Crippen LogP contribution is 2.47. The van der Waals surface area contributed by atoms with Gasteiger partial charge in [0.15, 0.2) is 5.78 Å². The average molecular weight is 402 g/mol. The summed E-state index contributed by atoms with van der Waals surface area (Å²) in [6.45, 7) is 6.27. The molecule has 1 aliphatic heterocycles. The van der Waals surface area contributed by atoms with Gasteiger partial charge in [0.2, 0.25) is 0 Å². The number of benzene rings is 2. The molecule has 2 aliphatic rings. The quantitative estimate of drug-likeness (QED) is 0.658. The van der Waals surface area contributed by atoms with Crippen molar-refractivity contribution < 1.29 is 14.3 Å². The molecule has 154 valence electrons. The van der Waals surface area contributed by atoms with Gasteiger partial charge in [-0.2, -0.15) is 0 Å². The van der Waals surface area contributed by atoms with Gasteiger partial charge in [0.25, 0.3) is 0 Å². The summed E-state index contributed by atoms with van der Waals surface area (Å²) in [7, 11) is 0. The van der Waals surface area contributed by atoms with Crippen LogP contribution < -0.4 is 0 Å². The van der Waals surface area contributed by atoms with Gasteiger partial charge in [-0.15, -0.1) is 0 Å². The number of esters is 1. The molecule has 2 aromatic carbocycles. The first-order valence-electron chi connectivity index (χ1n) is 10.4. The molecule has 1 aliphatic carbocycles. The summed E-state index contributed by atoms with van der Waals surface area (Å²) in [5.41, 5.74) is 3.99. The van der Waals surface area contributed by atoms with Crippen LogP contribution in [-0.4, -0.2) is 17.5 Å². The number of Topliss-reactive ketones (excluding diaryl/α,β-unsaturated/α-hetero) is 1. The Balaban J connectivity index is 1.71. The molecule has 0 bridgehead atoms. The van der Waals surface area contributed by atoms with E-state index in [9.17, 15) is 9.59 Å². The van der Waals surface area contributed by atoms with E-state index in [4.69, 9.17) is 9.73 Å². The van der Waals surface area contributed by atoms with E-state index in [0.717, 1.165) is 23.2 Å². The van der Waals surface area contributed by atoms with Crippen LogP contribution in [0.1, 0.15) is 50.7 Å². The smallest absolute Gasteiger partial charge is 0.315 e. The molecule has 4 heteroatoms. The molecule has 0 saturated carbocycles. The molecular formula is C26H27NO3. The second-order valence-electron chi connectivity index (χ2n) is 9.01. The number of carbonyl (C=O) groups excluding carboxylic acids is 2. The lowest BCUT2D eigenvalue weighted by Crippen LogP contribution is -2.39. The maximum absolute atomic E-state index is 13.2. The highest BCUT2D eigenvalue weighted by molar-refractivity contribution is 6.09. The van der Waals surface area contributed by atoms with Crippen LogP contribution >= 0.6 is 0 Å². The van der Waals surface area contributed by atoms with E-state index in [1.807, 2.05) is 67.6 Å². The molecule has 0 amide bonds. The highest BCUT2D eigenvalue weighted by Gasteiger charge is 2.45. The molecule has 0 saturated heterocycles. The Labute approximate surface area is 177 Å². The summed E-state index contributed by atoms with van der Waals surface area (Å²) in [6, 6.07) is 19.4. The van der Waals surface area contributed by atoms with Crippen LogP contribution in [0, 0.1) is 11.3 Å². The van der Waals surface area contributed by atoms with E-state index in [-0.39, 0.29) is 29.7 Å². The molecule has 0 N–H and O–H groups in total. The van der Waals surface area contributed by atoms with Crippen LogP contribution in [0.4, 0.5) is 0 Å². The zero-order valence-corrected chi connectivity index (χ0v) is 17.7. The molecular weight excluding hydrogens is 374 g/mol. The summed E-state index contributed by atoms with van der Waals surface area (Å²) in [5, 5.41) is 0. The van der Waals surface area contributed by atoms with E-state index in [2.05, 4.69) is 13.8 Å². The average Bonchev–Trinajstić information content (AvgIpc) is 2.71. The number of hydrogen-bond acceptors (Lipinski definition) is 4. The molecule has 1 heterocycles. The van der Waals surface area contributed by atoms with E-state index >= 15 is 0 Å². The molecule has 30 heavy (non-hydrogen) atoms. The van der Waals surface area contributed by atoms with E-state index in [1.165, 1.54) is 0 Å². The van der Waals surface area contributed by atoms with Gasteiger partial charge < -0.3 is 4.74 Å². The van der Waals surface area contributed by atoms with Gasteiger partial charge in [-0.1, -0.05) is 74.5 Å². The SMILES string of the molecule is CC1=NC2=C(C(=O)CC(C)(C)C2)[C@@H](c2ccccc2)C1C(=O)OCc1ccccc1. The van der Waals surface area contributed by atoms with Crippen molar-refractivity contribution in [1.82, 2.24) is 0 Å². The fraction of sp³-hybridized carbons (Fsp3) is 0.346. The van der Waals surface area contributed by atoms with Crippen LogP contribution in [0.3, 0.4) is 0 Å². The Bertz CT molecular complexity index is 1020. The number of nitrogens with zero attached hydrogens (tertiary/aromatic N) is 1. The van der Waals surface area contributed by atoms with Crippen LogP contribution in [0.15, 0.2) is 76.9 Å². The van der Waals surface area contributed by atoms with Crippen molar-refractivity contribution in [3.63, 3.8) is 0 Å². The van der Waals surface area contributed by atoms with Gasteiger partial charge in [0.05, 0.1) is 0 Å². The van der Waals surface area contributed by atoms with Crippen molar-refractivity contribution in [3.8, 4) is 0 Å². The topological polar surface area (TPSA) is 55.7 Å². The maximum atomic E-state index is 13.2. The predicted molar refractivity (Wildman–Crippen MR) is 117 cm³/mol. The molecule has 0 radical (unpaired) electrons. The van der Waals surface area contributed by atoms with Crippen molar-refractivity contribution in [2.24, 2.45) is 16.3 Å². The molecule has 0 spiro atoms. The van der Waals surface area contributed by atoms with Crippen molar-refractivity contribution in [2.45, 2.75) is 46.1 Å². The second-order valence-corrected chi connectivity index (χ2v) is 9.01. The minimum atomic E-state index is -0.597. The summed E-state index contributed by atoms with van der Waals surface area (Å²) >= 11 is 0. The second kappa shape index (κ2) is 8.02. The lowest BCUT2D eigenvalue weighted by atomic mass is 9.67. The minimum absolute atomic E-state index is 0.0900.